The number of hydrogen-bond donors (Lipinski definition) is 2. The van der Waals surface area contributed by atoms with Gasteiger partial charge in [0.05, 0.1) is 12.7 Å². The van der Waals surface area contributed by atoms with Gasteiger partial charge in [0, 0.05) is 13.3 Å². The number of unbranched alkanes of at least 4 members (excludes halogenated alkanes) is 11. The summed E-state index contributed by atoms with van der Waals surface area (Å²) in [5.74, 6) is 0. The van der Waals surface area contributed by atoms with E-state index in [1.165, 1.54) is 83.5 Å². The third-order valence-corrected chi connectivity index (χ3v) is 6.20. The van der Waals surface area contributed by atoms with Gasteiger partial charge in [0.25, 0.3) is 0 Å². The van der Waals surface area contributed by atoms with Gasteiger partial charge in [-0.2, -0.15) is 0 Å². The Labute approximate surface area is 169 Å². The number of quaternary nitrogens is 1. The van der Waals surface area contributed by atoms with E-state index in [1.54, 1.807) is 0 Å². The van der Waals surface area contributed by atoms with Crippen molar-refractivity contribution in [3.05, 3.63) is 24.6 Å². The van der Waals surface area contributed by atoms with Gasteiger partial charge in [0.1, 0.15) is 6.20 Å². The standard InChI is InChI=1S/C24H47N2O/c1-4-6-7-8-9-10-11-12-13-14-15-16-17-18-19-20-24-25-21-22-26(24,5-2)23(3)27/h13-14,21-25,27H,4-12,15-20H2,1-3H3/q+1/b14-13+. The highest BCUT2D eigenvalue weighted by atomic mass is 16.3. The van der Waals surface area contributed by atoms with Crippen molar-refractivity contribution < 1.29 is 9.59 Å². The van der Waals surface area contributed by atoms with Crippen LogP contribution < -0.4 is 5.32 Å². The largest absolute Gasteiger partial charge is 0.345 e. The number of nitrogens with one attached hydrogen (secondary N) is 1. The highest BCUT2D eigenvalue weighted by Gasteiger charge is 2.40. The van der Waals surface area contributed by atoms with Crippen molar-refractivity contribution in [2.24, 2.45) is 0 Å². The minimum absolute atomic E-state index is 0.340. The molecule has 1 aliphatic heterocycles. The zero-order valence-electron chi connectivity index (χ0n) is 18.5. The van der Waals surface area contributed by atoms with Gasteiger partial charge in [-0.15, -0.1) is 0 Å². The fourth-order valence-electron chi connectivity index (χ4n) is 4.24. The van der Waals surface area contributed by atoms with Crippen LogP contribution in [0.4, 0.5) is 0 Å². The van der Waals surface area contributed by atoms with Crippen LogP contribution in [-0.4, -0.2) is 28.5 Å². The van der Waals surface area contributed by atoms with Gasteiger partial charge in [-0.05, 0) is 39.0 Å². The van der Waals surface area contributed by atoms with E-state index in [9.17, 15) is 5.11 Å². The third kappa shape index (κ3) is 9.30. The van der Waals surface area contributed by atoms with Crippen molar-refractivity contribution in [2.75, 3.05) is 6.54 Å². The minimum atomic E-state index is -0.340. The van der Waals surface area contributed by atoms with E-state index in [-0.39, 0.29) is 6.23 Å². The highest BCUT2D eigenvalue weighted by Crippen LogP contribution is 2.25. The molecule has 158 valence electrons. The summed E-state index contributed by atoms with van der Waals surface area (Å²) in [6, 6.07) is 0. The molecule has 1 heterocycles. The minimum Gasteiger partial charge on any atom is -0.345 e. The van der Waals surface area contributed by atoms with Gasteiger partial charge < -0.3 is 10.4 Å². The highest BCUT2D eigenvalue weighted by molar-refractivity contribution is 4.85. The van der Waals surface area contributed by atoms with Crippen molar-refractivity contribution in [3.8, 4) is 0 Å². The first-order valence-electron chi connectivity index (χ1n) is 11.8. The normalized spacial score (nSPS) is 23.2. The Morgan fingerprint density at radius 2 is 1.44 bits per heavy atom. The van der Waals surface area contributed by atoms with Crippen molar-refractivity contribution in [3.63, 3.8) is 0 Å². The Balaban J connectivity index is 1.94. The van der Waals surface area contributed by atoms with Gasteiger partial charge in [-0.25, -0.2) is 0 Å². The summed E-state index contributed by atoms with van der Waals surface area (Å²) in [4.78, 5) is 0. The third-order valence-electron chi connectivity index (χ3n) is 6.20. The molecule has 0 radical (unpaired) electrons. The van der Waals surface area contributed by atoms with E-state index in [2.05, 4.69) is 37.5 Å². The molecule has 0 aromatic carbocycles. The van der Waals surface area contributed by atoms with Crippen LogP contribution in [-0.2, 0) is 0 Å². The second-order valence-electron chi connectivity index (χ2n) is 8.31. The van der Waals surface area contributed by atoms with E-state index >= 15 is 0 Å². The van der Waals surface area contributed by atoms with Gasteiger partial charge in [0.15, 0.2) is 12.4 Å². The molecular formula is C24H47N2O+. The molecule has 0 bridgehead atoms. The first-order chi connectivity index (χ1) is 13.2. The van der Waals surface area contributed by atoms with Gasteiger partial charge >= 0.3 is 0 Å². The van der Waals surface area contributed by atoms with E-state index in [0.717, 1.165) is 13.0 Å². The molecule has 3 atom stereocenters. The number of aliphatic hydroxyl groups is 1. The molecule has 3 nitrogen and oxygen atoms in total. The van der Waals surface area contributed by atoms with Crippen molar-refractivity contribution >= 4 is 0 Å². The lowest BCUT2D eigenvalue weighted by Crippen LogP contribution is -2.57. The predicted molar refractivity (Wildman–Crippen MR) is 118 cm³/mol. The van der Waals surface area contributed by atoms with E-state index in [4.69, 9.17) is 0 Å². The molecule has 0 saturated carbocycles. The number of nitrogens with zero attached hydrogens (tertiary/aromatic N) is 1. The quantitative estimate of drug-likeness (QED) is 0.169. The van der Waals surface area contributed by atoms with Gasteiger partial charge in [-0.1, -0.05) is 70.4 Å². The molecule has 27 heavy (non-hydrogen) atoms. The first kappa shape index (κ1) is 24.2. The zero-order valence-corrected chi connectivity index (χ0v) is 18.5. The van der Waals surface area contributed by atoms with Crippen molar-refractivity contribution in [1.29, 1.82) is 0 Å². The maximum atomic E-state index is 10.2. The van der Waals surface area contributed by atoms with E-state index in [0.29, 0.717) is 10.6 Å². The van der Waals surface area contributed by atoms with E-state index in [1.807, 2.05) is 13.1 Å². The van der Waals surface area contributed by atoms with Gasteiger partial charge in [-0.3, -0.25) is 4.48 Å². The average Bonchev–Trinajstić information content (AvgIpc) is 3.09. The Kier molecular flexibility index (Phi) is 13.6. The Bertz CT molecular complexity index is 405. The molecule has 0 saturated heterocycles. The first-order valence-corrected chi connectivity index (χ1v) is 11.8. The Hall–Kier alpha value is -0.800. The van der Waals surface area contributed by atoms with Crippen LogP contribution >= 0.6 is 0 Å². The van der Waals surface area contributed by atoms with Gasteiger partial charge in [0.2, 0.25) is 0 Å². The second-order valence-corrected chi connectivity index (χ2v) is 8.31. The second kappa shape index (κ2) is 15.2. The predicted octanol–water partition coefficient (Wildman–Crippen LogP) is 6.60. The summed E-state index contributed by atoms with van der Waals surface area (Å²) >= 11 is 0. The van der Waals surface area contributed by atoms with Crippen LogP contribution in [0.2, 0.25) is 0 Å². The topological polar surface area (TPSA) is 32.3 Å². The Morgan fingerprint density at radius 3 is 2.00 bits per heavy atom. The summed E-state index contributed by atoms with van der Waals surface area (Å²) in [6.45, 7) is 7.29. The molecule has 1 aliphatic rings. The van der Waals surface area contributed by atoms with Crippen molar-refractivity contribution in [2.45, 2.75) is 123 Å². The lowest BCUT2D eigenvalue weighted by molar-refractivity contribution is -0.942. The zero-order chi connectivity index (χ0) is 19.8. The molecule has 0 aromatic heterocycles. The molecule has 1 rings (SSSR count). The summed E-state index contributed by atoms with van der Waals surface area (Å²) in [5, 5.41) is 13.6. The molecule has 0 aliphatic carbocycles. The number of hydrogen-bond acceptors (Lipinski definition) is 2. The van der Waals surface area contributed by atoms with E-state index < -0.39 is 0 Å². The van der Waals surface area contributed by atoms with Crippen LogP contribution in [0.15, 0.2) is 24.6 Å². The number of aliphatic hydroxyl groups excluding tert-OH is 1. The average molecular weight is 380 g/mol. The Morgan fingerprint density at radius 1 is 0.889 bits per heavy atom. The fourth-order valence-corrected chi connectivity index (χ4v) is 4.24. The van der Waals surface area contributed by atoms with Crippen LogP contribution in [0.25, 0.3) is 0 Å². The molecule has 0 fully saturated rings. The SMILES string of the molecule is CCCCCCCCC/C=C/CCCCCCC1NC=C[N+]1(CC)C(C)O. The molecule has 0 aromatic rings. The molecule has 2 N–H and O–H groups in total. The molecular weight excluding hydrogens is 332 g/mol. The summed E-state index contributed by atoms with van der Waals surface area (Å²) in [7, 11) is 0. The lowest BCUT2D eigenvalue weighted by atomic mass is 10.1. The fraction of sp³-hybridized carbons (Fsp3) is 0.833. The molecule has 3 unspecified atom stereocenters. The smallest absolute Gasteiger partial charge is 0.193 e. The lowest BCUT2D eigenvalue weighted by Gasteiger charge is -2.39. The maximum absolute atomic E-state index is 10.2. The molecule has 0 spiro atoms. The van der Waals surface area contributed by atoms with Crippen LogP contribution in [0, 0.1) is 0 Å². The summed E-state index contributed by atoms with van der Waals surface area (Å²) in [6.07, 6.45) is 27.6. The van der Waals surface area contributed by atoms with Crippen LogP contribution in [0.3, 0.4) is 0 Å². The molecule has 0 amide bonds. The molecule has 3 heteroatoms. The monoisotopic (exact) mass is 379 g/mol. The summed E-state index contributed by atoms with van der Waals surface area (Å²) in [5.41, 5.74) is 0. The number of allylic oxidation sites excluding steroid dienone is 2. The van der Waals surface area contributed by atoms with Crippen molar-refractivity contribution in [1.82, 2.24) is 5.32 Å². The van der Waals surface area contributed by atoms with Crippen LogP contribution in [0.1, 0.15) is 111 Å². The summed E-state index contributed by atoms with van der Waals surface area (Å²) < 4.78 is 0.668. The maximum Gasteiger partial charge on any atom is 0.193 e. The number of rotatable bonds is 17. The van der Waals surface area contributed by atoms with Crippen LogP contribution in [0.5, 0.6) is 0 Å².